The summed E-state index contributed by atoms with van der Waals surface area (Å²) >= 11 is 1.44. The van der Waals surface area contributed by atoms with Gasteiger partial charge in [0.1, 0.15) is 23.3 Å². The van der Waals surface area contributed by atoms with E-state index in [-0.39, 0.29) is 11.9 Å². The Kier molecular flexibility index (Phi) is 5.90. The van der Waals surface area contributed by atoms with Crippen molar-refractivity contribution < 1.29 is 9.53 Å². The Bertz CT molecular complexity index is 1110. The van der Waals surface area contributed by atoms with Crippen LogP contribution in [0.3, 0.4) is 0 Å². The van der Waals surface area contributed by atoms with Crippen LogP contribution in [0.4, 0.5) is 0 Å². The van der Waals surface area contributed by atoms with Crippen molar-refractivity contribution in [1.29, 1.82) is 0 Å². The van der Waals surface area contributed by atoms with Gasteiger partial charge in [-0.3, -0.25) is 4.79 Å². The van der Waals surface area contributed by atoms with Gasteiger partial charge in [-0.15, -0.1) is 11.3 Å². The van der Waals surface area contributed by atoms with E-state index in [4.69, 9.17) is 4.74 Å². The summed E-state index contributed by atoms with van der Waals surface area (Å²) in [6.07, 6.45) is 3.15. The normalized spacial score (nSPS) is 11.8. The highest BCUT2D eigenvalue weighted by atomic mass is 32.1. The number of amides is 1. The molecule has 0 aliphatic rings. The predicted octanol–water partition coefficient (Wildman–Crippen LogP) is 4.89. The number of aromatic nitrogens is 3. The highest BCUT2D eigenvalue weighted by Gasteiger charge is 2.20. The molecule has 2 heterocycles. The lowest BCUT2D eigenvalue weighted by molar-refractivity contribution is 0.0940. The molecule has 1 atom stereocenters. The number of carbonyl (C=O) groups is 1. The molecule has 7 heteroatoms. The van der Waals surface area contributed by atoms with Crippen LogP contribution in [0, 0.1) is 0 Å². The van der Waals surface area contributed by atoms with E-state index in [9.17, 15) is 4.79 Å². The Morgan fingerprint density at radius 2 is 1.93 bits per heavy atom. The van der Waals surface area contributed by atoms with Crippen molar-refractivity contribution in [1.82, 2.24) is 20.1 Å². The summed E-state index contributed by atoms with van der Waals surface area (Å²) in [5.74, 6) is 0.478. The Morgan fingerprint density at radius 3 is 2.60 bits per heavy atom. The minimum absolute atomic E-state index is 0.140. The largest absolute Gasteiger partial charge is 0.492 e. The molecule has 0 saturated heterocycles. The van der Waals surface area contributed by atoms with E-state index < -0.39 is 0 Å². The quantitative estimate of drug-likeness (QED) is 0.464. The van der Waals surface area contributed by atoms with E-state index in [1.807, 2.05) is 74.5 Å². The van der Waals surface area contributed by atoms with Gasteiger partial charge in [0.05, 0.1) is 18.3 Å². The second-order valence-corrected chi connectivity index (χ2v) is 7.78. The Hall–Kier alpha value is -3.45. The van der Waals surface area contributed by atoms with Crippen LogP contribution in [-0.4, -0.2) is 27.3 Å². The van der Waals surface area contributed by atoms with Crippen LogP contribution < -0.4 is 10.1 Å². The second kappa shape index (κ2) is 8.92. The second-order valence-electron chi connectivity index (χ2n) is 6.73. The molecule has 0 aliphatic carbocycles. The Balaban J connectivity index is 1.52. The molecule has 0 saturated carbocycles. The molecule has 152 valence electrons. The molecular weight excluding hydrogens is 396 g/mol. The van der Waals surface area contributed by atoms with Crippen molar-refractivity contribution in [2.24, 2.45) is 0 Å². The molecule has 30 heavy (non-hydrogen) atoms. The maximum absolute atomic E-state index is 13.0. The van der Waals surface area contributed by atoms with Crippen LogP contribution in [0.5, 0.6) is 5.75 Å². The van der Waals surface area contributed by atoms with Crippen LogP contribution in [0.15, 0.2) is 73.3 Å². The first kappa shape index (κ1) is 19.8. The lowest BCUT2D eigenvalue weighted by Gasteiger charge is -2.15. The fourth-order valence-electron chi connectivity index (χ4n) is 3.14. The fourth-order valence-corrected chi connectivity index (χ4v) is 4.15. The van der Waals surface area contributed by atoms with Crippen LogP contribution in [0.25, 0.3) is 16.1 Å². The maximum atomic E-state index is 13.0. The average molecular weight is 419 g/mol. The molecule has 0 bridgehead atoms. The molecule has 1 unspecified atom stereocenters. The first-order chi connectivity index (χ1) is 14.7. The standard InChI is InChI=1S/C23H22N4O2S/c1-3-29-20-13-21(18-7-5-4-6-8-18)30-22(20)23(28)26-16(2)17-9-11-19(12-10-17)27-15-24-14-25-27/h4-16H,3H2,1-2H3,(H,26,28). The number of hydrogen-bond acceptors (Lipinski definition) is 5. The summed E-state index contributed by atoms with van der Waals surface area (Å²) in [5, 5.41) is 7.21. The third-order valence-corrected chi connectivity index (χ3v) is 5.85. The zero-order valence-electron chi connectivity index (χ0n) is 16.8. The number of nitrogens with zero attached hydrogens (tertiary/aromatic N) is 3. The van der Waals surface area contributed by atoms with E-state index in [1.165, 1.54) is 17.7 Å². The molecule has 4 rings (SSSR count). The van der Waals surface area contributed by atoms with Crippen LogP contribution in [-0.2, 0) is 0 Å². The van der Waals surface area contributed by atoms with Crippen molar-refractivity contribution in [3.63, 3.8) is 0 Å². The molecule has 0 fully saturated rings. The first-order valence-electron chi connectivity index (χ1n) is 9.73. The van der Waals surface area contributed by atoms with Crippen molar-refractivity contribution >= 4 is 17.2 Å². The maximum Gasteiger partial charge on any atom is 0.265 e. The molecule has 0 aliphatic heterocycles. The number of carbonyl (C=O) groups excluding carboxylic acids is 1. The molecule has 4 aromatic rings. The summed E-state index contributed by atoms with van der Waals surface area (Å²) in [4.78, 5) is 18.6. The van der Waals surface area contributed by atoms with Gasteiger partial charge in [0.2, 0.25) is 0 Å². The minimum atomic E-state index is -0.154. The van der Waals surface area contributed by atoms with Gasteiger partial charge in [0.25, 0.3) is 5.91 Å². The van der Waals surface area contributed by atoms with Gasteiger partial charge in [-0.1, -0.05) is 42.5 Å². The number of rotatable bonds is 7. The number of thiophene rings is 1. The van der Waals surface area contributed by atoms with E-state index in [0.717, 1.165) is 21.7 Å². The Morgan fingerprint density at radius 1 is 1.17 bits per heavy atom. The van der Waals surface area contributed by atoms with E-state index in [2.05, 4.69) is 15.4 Å². The van der Waals surface area contributed by atoms with Gasteiger partial charge in [-0.05, 0) is 43.2 Å². The number of nitrogens with one attached hydrogen (secondary N) is 1. The summed E-state index contributed by atoms with van der Waals surface area (Å²) < 4.78 is 7.43. The monoisotopic (exact) mass is 418 g/mol. The molecule has 2 aromatic heterocycles. The molecule has 1 amide bonds. The molecule has 0 radical (unpaired) electrons. The first-order valence-corrected chi connectivity index (χ1v) is 10.5. The van der Waals surface area contributed by atoms with E-state index in [0.29, 0.717) is 17.2 Å². The highest BCUT2D eigenvalue weighted by molar-refractivity contribution is 7.17. The zero-order chi connectivity index (χ0) is 20.9. The van der Waals surface area contributed by atoms with Crippen molar-refractivity contribution in [2.45, 2.75) is 19.9 Å². The summed E-state index contributed by atoms with van der Waals surface area (Å²) in [5.41, 5.74) is 2.99. The predicted molar refractivity (Wildman–Crippen MR) is 118 cm³/mol. The van der Waals surface area contributed by atoms with Gasteiger partial charge in [-0.2, -0.15) is 5.10 Å². The number of benzene rings is 2. The SMILES string of the molecule is CCOc1cc(-c2ccccc2)sc1C(=O)NC(C)c1ccc(-n2cncn2)cc1. The van der Waals surface area contributed by atoms with Crippen LogP contribution in [0.1, 0.15) is 35.1 Å². The number of ether oxygens (including phenoxy) is 1. The Labute approximate surface area is 179 Å². The third kappa shape index (κ3) is 4.26. The fraction of sp³-hybridized carbons (Fsp3) is 0.174. The summed E-state index contributed by atoms with van der Waals surface area (Å²) in [7, 11) is 0. The van der Waals surface area contributed by atoms with Crippen LogP contribution in [0.2, 0.25) is 0 Å². The van der Waals surface area contributed by atoms with Gasteiger partial charge < -0.3 is 10.1 Å². The van der Waals surface area contributed by atoms with Crippen molar-refractivity contribution in [2.75, 3.05) is 6.61 Å². The van der Waals surface area contributed by atoms with E-state index >= 15 is 0 Å². The lowest BCUT2D eigenvalue weighted by Crippen LogP contribution is -2.26. The van der Waals surface area contributed by atoms with Gasteiger partial charge >= 0.3 is 0 Å². The summed E-state index contributed by atoms with van der Waals surface area (Å²) in [6, 6.07) is 19.7. The van der Waals surface area contributed by atoms with Crippen molar-refractivity contribution in [3.05, 3.63) is 83.8 Å². The number of hydrogen-bond donors (Lipinski definition) is 1. The lowest BCUT2D eigenvalue weighted by atomic mass is 10.1. The minimum Gasteiger partial charge on any atom is -0.492 e. The third-order valence-electron chi connectivity index (χ3n) is 4.69. The van der Waals surface area contributed by atoms with Crippen molar-refractivity contribution in [3.8, 4) is 21.9 Å². The zero-order valence-corrected chi connectivity index (χ0v) is 17.6. The summed E-state index contributed by atoms with van der Waals surface area (Å²) in [6.45, 7) is 4.39. The van der Waals surface area contributed by atoms with Gasteiger partial charge in [0.15, 0.2) is 0 Å². The average Bonchev–Trinajstić information content (AvgIpc) is 3.45. The molecular formula is C23H22N4O2S. The van der Waals surface area contributed by atoms with Gasteiger partial charge in [0, 0.05) is 4.88 Å². The molecule has 1 N–H and O–H groups in total. The van der Waals surface area contributed by atoms with Crippen LogP contribution >= 0.6 is 11.3 Å². The molecule has 0 spiro atoms. The van der Waals surface area contributed by atoms with Gasteiger partial charge in [-0.25, -0.2) is 9.67 Å². The highest BCUT2D eigenvalue weighted by Crippen LogP contribution is 2.36. The molecule has 2 aromatic carbocycles. The van der Waals surface area contributed by atoms with E-state index in [1.54, 1.807) is 11.0 Å². The molecule has 6 nitrogen and oxygen atoms in total. The topological polar surface area (TPSA) is 69.0 Å². The smallest absolute Gasteiger partial charge is 0.265 e.